The van der Waals surface area contributed by atoms with Crippen LogP contribution in [0.5, 0.6) is 5.75 Å². The molecule has 0 radical (unpaired) electrons. The van der Waals surface area contributed by atoms with E-state index in [4.69, 9.17) is 4.74 Å². The molecule has 6 nitrogen and oxygen atoms in total. The Labute approximate surface area is 233 Å². The van der Waals surface area contributed by atoms with E-state index in [-0.39, 0.29) is 11.7 Å². The third kappa shape index (κ3) is 5.60. The van der Waals surface area contributed by atoms with Gasteiger partial charge in [0, 0.05) is 72.8 Å². The Hall–Kier alpha value is -4.49. The van der Waals surface area contributed by atoms with Gasteiger partial charge in [0.2, 0.25) is 0 Å². The Kier molecular flexibility index (Phi) is 7.29. The number of hydrogen-bond donors (Lipinski definition) is 0. The van der Waals surface area contributed by atoms with Crippen LogP contribution in [0.4, 0.5) is 4.39 Å². The molecule has 0 unspecified atom stereocenters. The predicted molar refractivity (Wildman–Crippen MR) is 155 cm³/mol. The molecule has 1 amide bonds. The molecule has 0 saturated carbocycles. The van der Waals surface area contributed by atoms with Crippen LogP contribution in [-0.2, 0) is 19.6 Å². The average molecular weight is 535 g/mol. The normalized spacial score (nSPS) is 14.8. The third-order valence-electron chi connectivity index (χ3n) is 7.36. The molecule has 1 aliphatic rings. The minimum Gasteiger partial charge on any atom is -0.492 e. The minimum absolute atomic E-state index is 0.0534. The maximum absolute atomic E-state index is 14.2. The molecule has 0 spiro atoms. The number of rotatable bonds is 1. The number of pyridine rings is 1. The molecule has 3 aromatic carbocycles. The van der Waals surface area contributed by atoms with Crippen LogP contribution in [0.15, 0.2) is 97.3 Å². The van der Waals surface area contributed by atoms with Crippen LogP contribution in [0.25, 0.3) is 22.2 Å². The van der Waals surface area contributed by atoms with Gasteiger partial charge in [-0.1, -0.05) is 36.4 Å². The standard InChI is InChI=1S/C33H31FN4O2/c1-36-16-17-40-30-7-3-6-27(20-30)32-21-28-19-29(34)8-9-31(28)38(32)15-14-37(33(39)26-10-12-35-13-11-26)23-25-5-2-4-24(18-25)22-36/h2-13,18-21H,14-17,22-23H2,1H3. The highest BCUT2D eigenvalue weighted by atomic mass is 19.1. The number of halogens is 1. The van der Waals surface area contributed by atoms with Crippen molar-refractivity contribution in [3.8, 4) is 17.0 Å². The fraction of sp³-hybridized carbons (Fsp3) is 0.212. The number of nitrogens with zero attached hydrogens (tertiary/aromatic N) is 4. The molecule has 0 saturated heterocycles. The minimum atomic E-state index is -0.277. The number of amides is 1. The van der Waals surface area contributed by atoms with E-state index in [0.717, 1.165) is 46.6 Å². The lowest BCUT2D eigenvalue weighted by Gasteiger charge is -2.25. The van der Waals surface area contributed by atoms with Gasteiger partial charge in [-0.2, -0.15) is 0 Å². The summed E-state index contributed by atoms with van der Waals surface area (Å²) in [5.41, 5.74) is 5.70. The molecule has 0 atom stereocenters. The van der Waals surface area contributed by atoms with E-state index in [1.807, 2.05) is 41.3 Å². The van der Waals surface area contributed by atoms with Crippen LogP contribution >= 0.6 is 0 Å². The highest BCUT2D eigenvalue weighted by molar-refractivity contribution is 5.94. The Morgan fingerprint density at radius 2 is 1.65 bits per heavy atom. The molecule has 3 heterocycles. The molecule has 6 rings (SSSR count). The number of likely N-dealkylation sites (N-methyl/N-ethyl adjacent to an activating group) is 1. The van der Waals surface area contributed by atoms with Crippen molar-refractivity contribution in [3.05, 3.63) is 120 Å². The van der Waals surface area contributed by atoms with Gasteiger partial charge in [0.25, 0.3) is 5.91 Å². The number of carbonyl (C=O) groups is 1. The smallest absolute Gasteiger partial charge is 0.254 e. The van der Waals surface area contributed by atoms with Crippen molar-refractivity contribution >= 4 is 16.8 Å². The molecule has 5 aromatic rings. The molecule has 1 aliphatic heterocycles. The topological polar surface area (TPSA) is 50.6 Å². The summed E-state index contributed by atoms with van der Waals surface area (Å²) in [6.45, 7) is 3.58. The van der Waals surface area contributed by atoms with Gasteiger partial charge in [-0.3, -0.25) is 14.7 Å². The molecule has 4 bridgehead atoms. The molecular weight excluding hydrogens is 503 g/mol. The number of aromatic nitrogens is 2. The molecule has 2 aromatic heterocycles. The zero-order valence-electron chi connectivity index (χ0n) is 22.5. The second kappa shape index (κ2) is 11.3. The largest absolute Gasteiger partial charge is 0.492 e. The van der Waals surface area contributed by atoms with Crippen LogP contribution < -0.4 is 4.74 Å². The van der Waals surface area contributed by atoms with Gasteiger partial charge in [0.1, 0.15) is 18.2 Å². The van der Waals surface area contributed by atoms with Crippen LogP contribution in [-0.4, -0.2) is 52.0 Å². The summed E-state index contributed by atoms with van der Waals surface area (Å²) in [5.74, 6) is 0.457. The van der Waals surface area contributed by atoms with E-state index in [0.29, 0.717) is 31.8 Å². The van der Waals surface area contributed by atoms with Gasteiger partial charge >= 0.3 is 0 Å². The Balaban J connectivity index is 1.44. The highest BCUT2D eigenvalue weighted by Gasteiger charge is 2.19. The van der Waals surface area contributed by atoms with Crippen molar-refractivity contribution in [2.45, 2.75) is 19.6 Å². The van der Waals surface area contributed by atoms with E-state index < -0.39 is 0 Å². The van der Waals surface area contributed by atoms with E-state index in [9.17, 15) is 9.18 Å². The van der Waals surface area contributed by atoms with Gasteiger partial charge in [-0.15, -0.1) is 0 Å². The molecule has 0 fully saturated rings. The number of benzene rings is 3. The summed E-state index contributed by atoms with van der Waals surface area (Å²) in [6, 6.07) is 26.8. The first-order valence-corrected chi connectivity index (χ1v) is 13.5. The maximum atomic E-state index is 14.2. The molecule has 0 N–H and O–H groups in total. The number of fused-ring (bicyclic) bond motifs is 8. The predicted octanol–water partition coefficient (Wildman–Crippen LogP) is 6.01. The monoisotopic (exact) mass is 534 g/mol. The quantitative estimate of drug-likeness (QED) is 0.264. The van der Waals surface area contributed by atoms with E-state index >= 15 is 0 Å². The summed E-state index contributed by atoms with van der Waals surface area (Å²) in [5, 5.41) is 0.817. The lowest BCUT2D eigenvalue weighted by molar-refractivity contribution is 0.0737. The van der Waals surface area contributed by atoms with Gasteiger partial charge < -0.3 is 14.2 Å². The Morgan fingerprint density at radius 1 is 0.850 bits per heavy atom. The molecule has 40 heavy (non-hydrogen) atoms. The van der Waals surface area contributed by atoms with E-state index in [1.165, 1.54) is 11.6 Å². The fourth-order valence-electron chi connectivity index (χ4n) is 5.37. The second-order valence-corrected chi connectivity index (χ2v) is 10.3. The lowest BCUT2D eigenvalue weighted by Crippen LogP contribution is -2.33. The first-order valence-electron chi connectivity index (χ1n) is 13.5. The van der Waals surface area contributed by atoms with Crippen LogP contribution in [0.3, 0.4) is 0 Å². The number of hydrogen-bond acceptors (Lipinski definition) is 4. The van der Waals surface area contributed by atoms with Crippen molar-refractivity contribution in [3.63, 3.8) is 0 Å². The van der Waals surface area contributed by atoms with E-state index in [1.54, 1.807) is 30.6 Å². The fourth-order valence-corrected chi connectivity index (χ4v) is 5.37. The van der Waals surface area contributed by atoms with Crippen molar-refractivity contribution in [1.29, 1.82) is 0 Å². The second-order valence-electron chi connectivity index (χ2n) is 10.3. The van der Waals surface area contributed by atoms with E-state index in [2.05, 4.69) is 45.8 Å². The van der Waals surface area contributed by atoms with Crippen molar-refractivity contribution in [1.82, 2.24) is 19.4 Å². The maximum Gasteiger partial charge on any atom is 0.254 e. The lowest BCUT2D eigenvalue weighted by atomic mass is 10.1. The van der Waals surface area contributed by atoms with Crippen LogP contribution in [0.1, 0.15) is 21.5 Å². The summed E-state index contributed by atoms with van der Waals surface area (Å²) in [7, 11) is 2.08. The summed E-state index contributed by atoms with van der Waals surface area (Å²) in [6.07, 6.45) is 3.29. The Bertz CT molecular complexity index is 1650. The van der Waals surface area contributed by atoms with Crippen molar-refractivity contribution < 1.29 is 13.9 Å². The zero-order valence-corrected chi connectivity index (χ0v) is 22.5. The zero-order chi connectivity index (χ0) is 27.5. The first-order chi connectivity index (χ1) is 19.5. The van der Waals surface area contributed by atoms with Crippen LogP contribution in [0.2, 0.25) is 0 Å². The summed E-state index contributed by atoms with van der Waals surface area (Å²) in [4.78, 5) is 21.9. The molecule has 202 valence electrons. The van der Waals surface area contributed by atoms with Gasteiger partial charge in [-0.05, 0) is 66.7 Å². The Morgan fingerprint density at radius 3 is 2.50 bits per heavy atom. The molecule has 7 heteroatoms. The molecule has 0 aliphatic carbocycles. The van der Waals surface area contributed by atoms with Gasteiger partial charge in [0.05, 0.1) is 0 Å². The summed E-state index contributed by atoms with van der Waals surface area (Å²) >= 11 is 0. The number of ether oxygens (including phenoxy) is 1. The summed E-state index contributed by atoms with van der Waals surface area (Å²) < 4.78 is 22.5. The first kappa shape index (κ1) is 25.8. The van der Waals surface area contributed by atoms with Gasteiger partial charge in [-0.25, -0.2) is 4.39 Å². The van der Waals surface area contributed by atoms with Crippen LogP contribution in [0, 0.1) is 5.82 Å². The third-order valence-corrected chi connectivity index (χ3v) is 7.36. The van der Waals surface area contributed by atoms with Gasteiger partial charge in [0.15, 0.2) is 0 Å². The highest BCUT2D eigenvalue weighted by Crippen LogP contribution is 2.31. The number of carbonyl (C=O) groups excluding carboxylic acids is 1. The molecular formula is C33H31FN4O2. The van der Waals surface area contributed by atoms with Crippen molar-refractivity contribution in [2.75, 3.05) is 26.7 Å². The average Bonchev–Trinajstić information content (AvgIpc) is 3.32. The SMILES string of the molecule is CN1CCOc2cccc(c2)-c2cc3cc(F)ccc3n2CCN(C(=O)c2ccncc2)Cc2cccc(c2)C1. The van der Waals surface area contributed by atoms with Crippen molar-refractivity contribution in [2.24, 2.45) is 0 Å².